The Morgan fingerprint density at radius 3 is 2.33 bits per heavy atom. The Bertz CT molecular complexity index is 1180. The van der Waals surface area contributed by atoms with Crippen molar-refractivity contribution in [2.75, 3.05) is 7.11 Å². The number of carbonyl (C=O) groups is 2. The van der Waals surface area contributed by atoms with E-state index in [-0.39, 0.29) is 0 Å². The lowest BCUT2D eigenvalue weighted by atomic mass is 10.1. The van der Waals surface area contributed by atoms with Gasteiger partial charge in [0, 0.05) is 13.1 Å². The summed E-state index contributed by atoms with van der Waals surface area (Å²) >= 11 is 0. The van der Waals surface area contributed by atoms with Crippen LogP contribution in [-0.2, 0) is 11.8 Å². The van der Waals surface area contributed by atoms with E-state index in [9.17, 15) is 27.2 Å². The molecule has 1 atom stereocenters. The van der Waals surface area contributed by atoms with Crippen molar-refractivity contribution in [2.45, 2.75) is 19.4 Å². The number of hydrogen-bond acceptors (Lipinski definition) is 5. The molecule has 174 valence electrons. The molecule has 0 aliphatic carbocycles. The molecule has 1 heterocycles. The molecule has 0 radical (unpaired) electrons. The van der Waals surface area contributed by atoms with Gasteiger partial charge in [0.25, 0.3) is 12.3 Å². The first kappa shape index (κ1) is 23.8. The van der Waals surface area contributed by atoms with Gasteiger partial charge in [0.15, 0.2) is 11.6 Å². The number of nitrogens with zero attached hydrogens (tertiary/aromatic N) is 2. The molecule has 0 saturated carbocycles. The van der Waals surface area contributed by atoms with Gasteiger partial charge in [0.1, 0.15) is 17.1 Å². The van der Waals surface area contributed by atoms with Gasteiger partial charge in [-0.1, -0.05) is 12.1 Å². The Morgan fingerprint density at radius 1 is 1.09 bits per heavy atom. The van der Waals surface area contributed by atoms with Gasteiger partial charge < -0.3 is 14.8 Å². The predicted molar refractivity (Wildman–Crippen MR) is 108 cm³/mol. The van der Waals surface area contributed by atoms with Gasteiger partial charge in [-0.25, -0.2) is 27.0 Å². The second-order valence-electron chi connectivity index (χ2n) is 6.98. The Hall–Kier alpha value is -3.89. The van der Waals surface area contributed by atoms with Crippen LogP contribution in [0.4, 0.5) is 17.6 Å². The molecule has 11 heteroatoms. The van der Waals surface area contributed by atoms with E-state index >= 15 is 0 Å². The fraction of sp³-hybridized carbons (Fsp3) is 0.227. The summed E-state index contributed by atoms with van der Waals surface area (Å²) in [6.07, 6.45) is -3.12. The molecule has 33 heavy (non-hydrogen) atoms. The van der Waals surface area contributed by atoms with E-state index in [4.69, 9.17) is 4.74 Å². The van der Waals surface area contributed by atoms with Crippen LogP contribution in [0.3, 0.4) is 0 Å². The van der Waals surface area contributed by atoms with E-state index in [0.29, 0.717) is 17.2 Å². The largest absolute Gasteiger partial charge is 0.465 e. The minimum Gasteiger partial charge on any atom is -0.465 e. The van der Waals surface area contributed by atoms with Crippen LogP contribution in [0.25, 0.3) is 0 Å². The first-order chi connectivity index (χ1) is 15.6. The zero-order valence-electron chi connectivity index (χ0n) is 17.7. The molecule has 7 nitrogen and oxygen atoms in total. The second-order valence-corrected chi connectivity index (χ2v) is 6.98. The van der Waals surface area contributed by atoms with E-state index < -0.39 is 58.9 Å². The number of halogens is 4. The van der Waals surface area contributed by atoms with Crippen molar-refractivity contribution in [1.29, 1.82) is 0 Å². The molecule has 0 spiro atoms. The molecule has 3 rings (SSSR count). The van der Waals surface area contributed by atoms with Crippen LogP contribution in [0.5, 0.6) is 11.6 Å². The highest BCUT2D eigenvalue weighted by Gasteiger charge is 2.31. The standard InChI is InChI=1S/C22H19F4N3O4/c1-11(12-4-6-13(7-5-12)22(31)32-3)27-20(30)17-18(19(25)26)28-29(2)21(17)33-16-9-8-14(23)10-15(16)24/h4-11,19H,1-3H3,(H,27,30). The van der Waals surface area contributed by atoms with E-state index in [1.807, 2.05) is 0 Å². The lowest BCUT2D eigenvalue weighted by molar-refractivity contribution is 0.0600. The van der Waals surface area contributed by atoms with Crippen molar-refractivity contribution in [1.82, 2.24) is 15.1 Å². The highest BCUT2D eigenvalue weighted by Crippen LogP contribution is 2.34. The smallest absolute Gasteiger partial charge is 0.337 e. The molecule has 0 saturated heterocycles. The molecular formula is C22H19F4N3O4. The number of benzene rings is 2. The molecule has 1 amide bonds. The molecule has 1 N–H and O–H groups in total. The van der Waals surface area contributed by atoms with E-state index in [0.717, 1.165) is 16.8 Å². The fourth-order valence-corrected chi connectivity index (χ4v) is 3.05. The molecule has 1 unspecified atom stereocenters. The molecule has 3 aromatic rings. The zero-order valence-corrected chi connectivity index (χ0v) is 17.7. The average Bonchev–Trinajstić information content (AvgIpc) is 3.11. The van der Waals surface area contributed by atoms with Gasteiger partial charge in [-0.15, -0.1) is 0 Å². The summed E-state index contributed by atoms with van der Waals surface area (Å²) in [5.41, 5.74) is -0.579. The van der Waals surface area contributed by atoms with Gasteiger partial charge in [-0.2, -0.15) is 5.10 Å². The van der Waals surface area contributed by atoms with Gasteiger partial charge in [0.2, 0.25) is 5.88 Å². The molecule has 0 fully saturated rings. The third-order valence-corrected chi connectivity index (χ3v) is 4.74. The number of nitrogens with one attached hydrogen (secondary N) is 1. The van der Waals surface area contributed by atoms with Crippen LogP contribution in [0, 0.1) is 11.6 Å². The van der Waals surface area contributed by atoms with Crippen molar-refractivity contribution in [3.8, 4) is 11.6 Å². The fourth-order valence-electron chi connectivity index (χ4n) is 3.05. The SMILES string of the molecule is COC(=O)c1ccc(C(C)NC(=O)c2c(C(F)F)nn(C)c2Oc2ccc(F)cc2F)cc1. The number of hydrogen-bond donors (Lipinski definition) is 1. The summed E-state index contributed by atoms with van der Waals surface area (Å²) in [6.45, 7) is 1.60. The summed E-state index contributed by atoms with van der Waals surface area (Å²) in [4.78, 5) is 24.5. The molecule has 0 bridgehead atoms. The highest BCUT2D eigenvalue weighted by molar-refractivity contribution is 5.98. The number of carbonyl (C=O) groups excluding carboxylic acids is 2. The van der Waals surface area contributed by atoms with E-state index in [1.165, 1.54) is 26.3 Å². The molecule has 0 aliphatic heterocycles. The quantitative estimate of drug-likeness (QED) is 0.404. The second kappa shape index (κ2) is 9.72. The molecule has 2 aromatic carbocycles. The minimum atomic E-state index is -3.12. The van der Waals surface area contributed by atoms with Crippen LogP contribution < -0.4 is 10.1 Å². The molecule has 0 aliphatic rings. The summed E-state index contributed by atoms with van der Waals surface area (Å²) in [6, 6.07) is 7.90. The number of alkyl halides is 2. The van der Waals surface area contributed by atoms with Crippen LogP contribution in [0.15, 0.2) is 42.5 Å². The van der Waals surface area contributed by atoms with Crippen molar-refractivity contribution >= 4 is 11.9 Å². The summed E-state index contributed by atoms with van der Waals surface area (Å²) in [5.74, 6) is -4.34. The molecular weight excluding hydrogens is 446 g/mol. The van der Waals surface area contributed by atoms with Gasteiger partial charge in [0.05, 0.1) is 18.7 Å². The lowest BCUT2D eigenvalue weighted by Gasteiger charge is -2.16. The van der Waals surface area contributed by atoms with E-state index in [1.54, 1.807) is 19.1 Å². The third kappa shape index (κ3) is 5.13. The Morgan fingerprint density at radius 2 is 1.76 bits per heavy atom. The average molecular weight is 465 g/mol. The van der Waals surface area contributed by atoms with Gasteiger partial charge in [-0.3, -0.25) is 4.79 Å². The van der Waals surface area contributed by atoms with Crippen LogP contribution in [0.2, 0.25) is 0 Å². The zero-order chi connectivity index (χ0) is 24.3. The third-order valence-electron chi connectivity index (χ3n) is 4.74. The number of methoxy groups -OCH3 is 1. The molecule has 1 aromatic heterocycles. The van der Waals surface area contributed by atoms with Gasteiger partial charge >= 0.3 is 5.97 Å². The normalized spacial score (nSPS) is 11.9. The topological polar surface area (TPSA) is 82.5 Å². The highest BCUT2D eigenvalue weighted by atomic mass is 19.3. The number of rotatable bonds is 7. The minimum absolute atomic E-state index is 0.295. The predicted octanol–water partition coefficient (Wildman–Crippen LogP) is 4.71. The Labute approximate surface area is 185 Å². The van der Waals surface area contributed by atoms with Crippen molar-refractivity contribution in [3.63, 3.8) is 0 Å². The lowest BCUT2D eigenvalue weighted by Crippen LogP contribution is -2.27. The van der Waals surface area contributed by atoms with Crippen LogP contribution >= 0.6 is 0 Å². The summed E-state index contributed by atoms with van der Waals surface area (Å²) < 4.78 is 65.2. The van der Waals surface area contributed by atoms with Crippen LogP contribution in [0.1, 0.15) is 51.4 Å². The van der Waals surface area contributed by atoms with E-state index in [2.05, 4.69) is 15.2 Å². The Balaban J connectivity index is 1.90. The maximum Gasteiger partial charge on any atom is 0.337 e. The first-order valence-electron chi connectivity index (χ1n) is 9.59. The number of amides is 1. The maximum absolute atomic E-state index is 14.0. The first-order valence-corrected chi connectivity index (χ1v) is 9.59. The monoisotopic (exact) mass is 465 g/mol. The number of esters is 1. The Kier molecular flexibility index (Phi) is 7.00. The summed E-state index contributed by atoms with van der Waals surface area (Å²) in [5, 5.41) is 6.19. The van der Waals surface area contributed by atoms with Crippen LogP contribution in [-0.4, -0.2) is 28.8 Å². The number of aromatic nitrogens is 2. The maximum atomic E-state index is 14.0. The van der Waals surface area contributed by atoms with Crippen molar-refractivity contribution in [3.05, 3.63) is 76.5 Å². The number of aryl methyl sites for hydroxylation is 1. The summed E-state index contributed by atoms with van der Waals surface area (Å²) in [7, 11) is 2.49. The van der Waals surface area contributed by atoms with Crippen molar-refractivity contribution in [2.24, 2.45) is 7.05 Å². The van der Waals surface area contributed by atoms with Crippen molar-refractivity contribution < 1.29 is 36.6 Å². The van der Waals surface area contributed by atoms with Gasteiger partial charge in [-0.05, 0) is 36.8 Å². The number of ether oxygens (including phenoxy) is 2.